The Kier molecular flexibility index (Phi) is 5.12. The van der Waals surface area contributed by atoms with Crippen LogP contribution in [0.25, 0.3) is 0 Å². The van der Waals surface area contributed by atoms with Crippen molar-refractivity contribution in [2.24, 2.45) is 0 Å². The molecule has 0 bridgehead atoms. The van der Waals surface area contributed by atoms with Crippen molar-refractivity contribution >= 4 is 23.1 Å². The molecule has 0 aliphatic rings. The summed E-state index contributed by atoms with van der Waals surface area (Å²) in [5.41, 5.74) is 3.93. The molecule has 0 unspecified atom stereocenters. The summed E-state index contributed by atoms with van der Waals surface area (Å²) in [6.45, 7) is 3.97. The number of rotatable bonds is 5. The van der Waals surface area contributed by atoms with Crippen LogP contribution in [0.4, 0.5) is 17.2 Å². The van der Waals surface area contributed by atoms with Gasteiger partial charge in [0.2, 0.25) is 0 Å². The van der Waals surface area contributed by atoms with E-state index in [0.29, 0.717) is 11.6 Å². The lowest BCUT2D eigenvalue weighted by Crippen LogP contribution is -2.14. The Balaban J connectivity index is 1.71. The number of benzene rings is 2. The summed E-state index contributed by atoms with van der Waals surface area (Å²) in [4.78, 5) is 20.8. The highest BCUT2D eigenvalue weighted by Gasteiger charge is 2.10. The number of amides is 1. The Labute approximate surface area is 152 Å². The van der Waals surface area contributed by atoms with Gasteiger partial charge in [-0.05, 0) is 49.2 Å². The molecule has 0 aliphatic carbocycles. The van der Waals surface area contributed by atoms with Gasteiger partial charge in [0.1, 0.15) is 17.3 Å². The van der Waals surface area contributed by atoms with Crippen molar-refractivity contribution in [3.63, 3.8) is 0 Å². The first-order valence-electron chi connectivity index (χ1n) is 8.17. The van der Waals surface area contributed by atoms with E-state index in [0.717, 1.165) is 22.5 Å². The fourth-order valence-corrected chi connectivity index (χ4v) is 2.64. The monoisotopic (exact) mass is 348 g/mol. The first-order chi connectivity index (χ1) is 12.5. The lowest BCUT2D eigenvalue weighted by molar-refractivity contribution is 0.102. The van der Waals surface area contributed by atoms with E-state index in [-0.39, 0.29) is 11.6 Å². The number of para-hydroxylation sites is 2. The largest absolute Gasteiger partial charge is 0.495 e. The van der Waals surface area contributed by atoms with E-state index in [1.807, 2.05) is 56.3 Å². The Morgan fingerprint density at radius 3 is 2.38 bits per heavy atom. The maximum atomic E-state index is 12.4. The molecule has 1 aromatic heterocycles. The summed E-state index contributed by atoms with van der Waals surface area (Å²) in [6, 6.07) is 13.4. The molecule has 1 heterocycles. The number of aromatic nitrogens is 2. The van der Waals surface area contributed by atoms with Crippen molar-refractivity contribution in [1.82, 2.24) is 9.97 Å². The standard InChI is InChI=1S/C20H20N4O2/c1-13-8-14(2)10-15(9-13)23-20(25)17-11-22-19(12-21-17)24-16-6-4-5-7-18(16)26-3/h4-12H,1-3H3,(H,22,24)(H,23,25). The predicted molar refractivity (Wildman–Crippen MR) is 102 cm³/mol. The fourth-order valence-electron chi connectivity index (χ4n) is 2.64. The van der Waals surface area contributed by atoms with Crippen LogP contribution in [0.2, 0.25) is 0 Å². The summed E-state index contributed by atoms with van der Waals surface area (Å²) in [7, 11) is 1.60. The number of hydrogen-bond donors (Lipinski definition) is 2. The number of anilines is 3. The smallest absolute Gasteiger partial charge is 0.275 e. The van der Waals surface area contributed by atoms with E-state index < -0.39 is 0 Å². The van der Waals surface area contributed by atoms with Crippen LogP contribution in [0.15, 0.2) is 54.9 Å². The average Bonchev–Trinajstić information content (AvgIpc) is 2.62. The maximum Gasteiger partial charge on any atom is 0.275 e. The van der Waals surface area contributed by atoms with Crippen LogP contribution in [0.5, 0.6) is 5.75 Å². The van der Waals surface area contributed by atoms with E-state index in [1.54, 1.807) is 7.11 Å². The molecule has 6 heteroatoms. The van der Waals surface area contributed by atoms with E-state index in [4.69, 9.17) is 4.74 Å². The SMILES string of the molecule is COc1ccccc1Nc1cnc(C(=O)Nc2cc(C)cc(C)c2)cn1. The van der Waals surface area contributed by atoms with E-state index >= 15 is 0 Å². The molecule has 0 fully saturated rings. The molecule has 132 valence electrons. The number of ether oxygens (including phenoxy) is 1. The number of nitrogens with one attached hydrogen (secondary N) is 2. The third kappa shape index (κ3) is 4.16. The van der Waals surface area contributed by atoms with Crippen LogP contribution in [0.1, 0.15) is 21.6 Å². The molecule has 6 nitrogen and oxygen atoms in total. The van der Waals surface area contributed by atoms with E-state index in [1.165, 1.54) is 12.4 Å². The molecule has 3 aromatic rings. The minimum absolute atomic E-state index is 0.245. The van der Waals surface area contributed by atoms with E-state index in [9.17, 15) is 4.79 Å². The lowest BCUT2D eigenvalue weighted by atomic mass is 10.1. The second kappa shape index (κ2) is 7.65. The molecule has 0 saturated carbocycles. The molecule has 3 rings (SSSR count). The van der Waals surface area contributed by atoms with Crippen LogP contribution in [-0.2, 0) is 0 Å². The lowest BCUT2D eigenvalue weighted by Gasteiger charge is -2.10. The third-order valence-corrected chi connectivity index (χ3v) is 3.73. The van der Waals surface area contributed by atoms with Gasteiger partial charge in [0.15, 0.2) is 0 Å². The molecule has 0 atom stereocenters. The topological polar surface area (TPSA) is 76.1 Å². The minimum atomic E-state index is -0.300. The van der Waals surface area contributed by atoms with Gasteiger partial charge in [-0.15, -0.1) is 0 Å². The molecule has 2 N–H and O–H groups in total. The maximum absolute atomic E-state index is 12.4. The number of carbonyl (C=O) groups excluding carboxylic acids is 1. The van der Waals surface area contributed by atoms with Gasteiger partial charge in [-0.2, -0.15) is 0 Å². The zero-order valence-corrected chi connectivity index (χ0v) is 14.9. The predicted octanol–water partition coefficient (Wildman–Crippen LogP) is 4.10. The number of hydrogen-bond acceptors (Lipinski definition) is 5. The van der Waals surface area contributed by atoms with Crippen molar-refractivity contribution in [1.29, 1.82) is 0 Å². The number of carbonyl (C=O) groups is 1. The Morgan fingerprint density at radius 1 is 1.00 bits per heavy atom. The van der Waals surface area contributed by atoms with Gasteiger partial charge in [-0.25, -0.2) is 9.97 Å². The first-order valence-corrected chi connectivity index (χ1v) is 8.17. The van der Waals surface area contributed by atoms with Gasteiger partial charge < -0.3 is 15.4 Å². The molecule has 0 saturated heterocycles. The molecule has 0 radical (unpaired) electrons. The highest BCUT2D eigenvalue weighted by atomic mass is 16.5. The summed E-state index contributed by atoms with van der Waals surface area (Å²) >= 11 is 0. The van der Waals surface area contributed by atoms with Gasteiger partial charge in [0, 0.05) is 5.69 Å². The van der Waals surface area contributed by atoms with Crippen LogP contribution in [0, 0.1) is 13.8 Å². The van der Waals surface area contributed by atoms with Gasteiger partial charge in [0.05, 0.1) is 25.2 Å². The highest BCUT2D eigenvalue weighted by Crippen LogP contribution is 2.25. The van der Waals surface area contributed by atoms with Gasteiger partial charge in [-0.3, -0.25) is 4.79 Å². The molecule has 26 heavy (non-hydrogen) atoms. The van der Waals surface area contributed by atoms with Crippen molar-refractivity contribution in [3.8, 4) is 5.75 Å². The zero-order valence-electron chi connectivity index (χ0n) is 14.9. The van der Waals surface area contributed by atoms with Gasteiger partial charge in [0.25, 0.3) is 5.91 Å². The van der Waals surface area contributed by atoms with E-state index in [2.05, 4.69) is 20.6 Å². The molecule has 0 spiro atoms. The van der Waals surface area contributed by atoms with Crippen LogP contribution in [-0.4, -0.2) is 23.0 Å². The quantitative estimate of drug-likeness (QED) is 0.726. The fraction of sp³-hybridized carbons (Fsp3) is 0.150. The van der Waals surface area contributed by atoms with Gasteiger partial charge in [-0.1, -0.05) is 18.2 Å². The summed E-state index contributed by atoms with van der Waals surface area (Å²) in [5.74, 6) is 0.926. The normalized spacial score (nSPS) is 10.3. The van der Waals surface area contributed by atoms with Crippen molar-refractivity contribution < 1.29 is 9.53 Å². The second-order valence-electron chi connectivity index (χ2n) is 5.94. The third-order valence-electron chi connectivity index (χ3n) is 3.73. The van der Waals surface area contributed by atoms with Crippen LogP contribution < -0.4 is 15.4 Å². The summed E-state index contributed by atoms with van der Waals surface area (Å²) < 4.78 is 5.29. The highest BCUT2D eigenvalue weighted by molar-refractivity contribution is 6.02. The Bertz CT molecular complexity index is 903. The van der Waals surface area contributed by atoms with Gasteiger partial charge >= 0.3 is 0 Å². The van der Waals surface area contributed by atoms with Crippen LogP contribution in [0.3, 0.4) is 0 Å². The minimum Gasteiger partial charge on any atom is -0.495 e. The molecular formula is C20H20N4O2. The van der Waals surface area contributed by atoms with Crippen molar-refractivity contribution in [2.75, 3.05) is 17.7 Å². The second-order valence-corrected chi connectivity index (χ2v) is 5.94. The molecule has 1 amide bonds. The molecular weight excluding hydrogens is 328 g/mol. The zero-order chi connectivity index (χ0) is 18.5. The number of aryl methyl sites for hydroxylation is 2. The first kappa shape index (κ1) is 17.4. The number of nitrogens with zero attached hydrogens (tertiary/aromatic N) is 2. The summed E-state index contributed by atoms with van der Waals surface area (Å²) in [5, 5.41) is 5.97. The average molecular weight is 348 g/mol. The van der Waals surface area contributed by atoms with Crippen LogP contribution >= 0.6 is 0 Å². The van der Waals surface area contributed by atoms with Crippen molar-refractivity contribution in [3.05, 3.63) is 71.7 Å². The van der Waals surface area contributed by atoms with Crippen molar-refractivity contribution in [2.45, 2.75) is 13.8 Å². The summed E-state index contributed by atoms with van der Waals surface area (Å²) in [6.07, 6.45) is 2.96. The molecule has 0 aliphatic heterocycles. The molecule has 2 aromatic carbocycles. The Hall–Kier alpha value is -3.41. The number of methoxy groups -OCH3 is 1. The Morgan fingerprint density at radius 2 is 1.73 bits per heavy atom.